The van der Waals surface area contributed by atoms with E-state index in [1.165, 1.54) is 12.3 Å². The number of halogens is 1. The van der Waals surface area contributed by atoms with Crippen LogP contribution in [0.1, 0.15) is 30.1 Å². The Morgan fingerprint density at radius 1 is 1.33 bits per heavy atom. The van der Waals surface area contributed by atoms with Crippen molar-refractivity contribution in [2.45, 2.75) is 25.8 Å². The molecule has 1 aromatic carbocycles. The monoisotopic (exact) mass is 374 g/mol. The molecule has 1 saturated heterocycles. The summed E-state index contributed by atoms with van der Waals surface area (Å²) in [5.74, 6) is -1.45. The molecule has 0 saturated carbocycles. The maximum Gasteiger partial charge on any atom is 0.317 e. The molecule has 0 bridgehead atoms. The van der Waals surface area contributed by atoms with Crippen LogP contribution in [-0.2, 0) is 4.79 Å². The number of piperidine rings is 1. The van der Waals surface area contributed by atoms with Gasteiger partial charge in [0.25, 0.3) is 5.91 Å². The minimum Gasteiger partial charge on any atom is -0.480 e. The number of rotatable bonds is 6. The van der Waals surface area contributed by atoms with E-state index < -0.39 is 11.8 Å². The fourth-order valence-corrected chi connectivity index (χ4v) is 3.59. The number of hydrogen-bond donors (Lipinski definition) is 2. The van der Waals surface area contributed by atoms with E-state index in [1.807, 2.05) is 11.8 Å². The summed E-state index contributed by atoms with van der Waals surface area (Å²) in [5.41, 5.74) is 1.03. The number of aromatic nitrogens is 2. The van der Waals surface area contributed by atoms with Gasteiger partial charge in [0.15, 0.2) is 0 Å². The number of hydrogen-bond acceptors (Lipinski definition) is 4. The molecule has 1 aliphatic heterocycles. The second kappa shape index (κ2) is 8.30. The molecule has 27 heavy (non-hydrogen) atoms. The van der Waals surface area contributed by atoms with Crippen LogP contribution < -0.4 is 0 Å². The molecular weight excluding hydrogens is 351 g/mol. The number of H-pyrrole nitrogens is 1. The van der Waals surface area contributed by atoms with Crippen molar-refractivity contribution in [2.75, 3.05) is 26.2 Å². The summed E-state index contributed by atoms with van der Waals surface area (Å²) in [7, 11) is 0. The first-order chi connectivity index (χ1) is 13.0. The molecule has 144 valence electrons. The highest BCUT2D eigenvalue weighted by atomic mass is 19.1. The highest BCUT2D eigenvalue weighted by Gasteiger charge is 2.29. The van der Waals surface area contributed by atoms with Gasteiger partial charge in [0, 0.05) is 24.7 Å². The average Bonchev–Trinajstić information content (AvgIpc) is 3.15. The molecule has 7 nitrogen and oxygen atoms in total. The van der Waals surface area contributed by atoms with Gasteiger partial charge in [-0.25, -0.2) is 4.39 Å². The summed E-state index contributed by atoms with van der Waals surface area (Å²) >= 11 is 0. The predicted octanol–water partition coefficient (Wildman–Crippen LogP) is 2.23. The van der Waals surface area contributed by atoms with Gasteiger partial charge in [-0.15, -0.1) is 0 Å². The molecule has 1 aliphatic rings. The summed E-state index contributed by atoms with van der Waals surface area (Å²) in [6.45, 7) is 3.66. The van der Waals surface area contributed by atoms with Crippen LogP contribution in [0.4, 0.5) is 4.39 Å². The molecule has 3 rings (SSSR count). The number of likely N-dealkylation sites (N-methyl/N-ethyl adjacent to an activating group) is 1. The second-order valence-electron chi connectivity index (χ2n) is 6.62. The van der Waals surface area contributed by atoms with Crippen molar-refractivity contribution >= 4 is 11.9 Å². The van der Waals surface area contributed by atoms with Gasteiger partial charge in [-0.3, -0.25) is 19.6 Å². The topological polar surface area (TPSA) is 89.5 Å². The molecule has 0 atom stereocenters. The molecule has 2 aromatic rings. The lowest BCUT2D eigenvalue weighted by Gasteiger charge is -2.37. The predicted molar refractivity (Wildman–Crippen MR) is 97.8 cm³/mol. The SMILES string of the molecule is CCN(CC(=O)O)C1CCN(C(=O)c2cn[nH]c2-c2ccccc2F)CC1. The maximum absolute atomic E-state index is 14.1. The van der Waals surface area contributed by atoms with Crippen LogP contribution in [0.15, 0.2) is 30.5 Å². The van der Waals surface area contributed by atoms with Crippen LogP contribution in [0.25, 0.3) is 11.3 Å². The van der Waals surface area contributed by atoms with Crippen molar-refractivity contribution in [1.29, 1.82) is 0 Å². The number of likely N-dealkylation sites (tertiary alicyclic amines) is 1. The Bertz CT molecular complexity index is 815. The van der Waals surface area contributed by atoms with E-state index in [-0.39, 0.29) is 18.5 Å². The number of carbonyl (C=O) groups is 2. The highest BCUT2D eigenvalue weighted by molar-refractivity contribution is 5.99. The van der Waals surface area contributed by atoms with Gasteiger partial charge < -0.3 is 10.0 Å². The quantitative estimate of drug-likeness (QED) is 0.809. The summed E-state index contributed by atoms with van der Waals surface area (Å²) in [6, 6.07) is 6.40. The smallest absolute Gasteiger partial charge is 0.317 e. The van der Waals surface area contributed by atoms with Crippen LogP contribution in [0.3, 0.4) is 0 Å². The van der Waals surface area contributed by atoms with E-state index in [0.29, 0.717) is 49.3 Å². The molecule has 0 aliphatic carbocycles. The van der Waals surface area contributed by atoms with Gasteiger partial charge in [0.05, 0.1) is 24.0 Å². The van der Waals surface area contributed by atoms with Gasteiger partial charge in [-0.2, -0.15) is 5.10 Å². The Morgan fingerprint density at radius 2 is 2.04 bits per heavy atom. The lowest BCUT2D eigenvalue weighted by Crippen LogP contribution is -2.48. The first kappa shape index (κ1) is 19.0. The molecule has 0 unspecified atom stereocenters. The number of nitrogens with one attached hydrogen (secondary N) is 1. The molecule has 1 aromatic heterocycles. The van der Waals surface area contributed by atoms with Crippen molar-refractivity contribution in [3.8, 4) is 11.3 Å². The van der Waals surface area contributed by atoms with Crippen LogP contribution in [0.5, 0.6) is 0 Å². The Hall–Kier alpha value is -2.74. The highest BCUT2D eigenvalue weighted by Crippen LogP contribution is 2.26. The minimum absolute atomic E-state index is 0.00821. The molecular formula is C19H23FN4O3. The summed E-state index contributed by atoms with van der Waals surface area (Å²) < 4.78 is 14.1. The Labute approximate surface area is 156 Å². The fraction of sp³-hybridized carbons (Fsp3) is 0.421. The molecule has 0 spiro atoms. The van der Waals surface area contributed by atoms with Gasteiger partial charge in [-0.05, 0) is 31.5 Å². The van der Waals surface area contributed by atoms with E-state index in [9.17, 15) is 14.0 Å². The van der Waals surface area contributed by atoms with Crippen LogP contribution in [0.2, 0.25) is 0 Å². The molecule has 0 radical (unpaired) electrons. The Kier molecular flexibility index (Phi) is 5.85. The van der Waals surface area contributed by atoms with Gasteiger partial charge in [0.2, 0.25) is 0 Å². The van der Waals surface area contributed by atoms with Crippen molar-refractivity contribution in [3.63, 3.8) is 0 Å². The fourth-order valence-electron chi connectivity index (χ4n) is 3.59. The number of carbonyl (C=O) groups excluding carboxylic acids is 1. The molecule has 2 N–H and O–H groups in total. The van der Waals surface area contributed by atoms with Crippen LogP contribution >= 0.6 is 0 Å². The zero-order valence-electron chi connectivity index (χ0n) is 15.2. The number of carboxylic acid groups (broad SMARTS) is 1. The summed E-state index contributed by atoms with van der Waals surface area (Å²) in [6.07, 6.45) is 2.85. The zero-order chi connectivity index (χ0) is 19.4. The lowest BCUT2D eigenvalue weighted by molar-refractivity contribution is -0.139. The van der Waals surface area contributed by atoms with Crippen molar-refractivity contribution in [2.24, 2.45) is 0 Å². The average molecular weight is 374 g/mol. The first-order valence-electron chi connectivity index (χ1n) is 9.04. The number of carboxylic acids is 1. The number of amides is 1. The van der Waals surface area contributed by atoms with E-state index in [2.05, 4.69) is 10.2 Å². The van der Waals surface area contributed by atoms with E-state index in [4.69, 9.17) is 5.11 Å². The third-order valence-electron chi connectivity index (χ3n) is 5.03. The van der Waals surface area contributed by atoms with Crippen LogP contribution in [-0.4, -0.2) is 69.2 Å². The number of benzene rings is 1. The normalized spacial score (nSPS) is 15.3. The third-order valence-corrected chi connectivity index (χ3v) is 5.03. The maximum atomic E-state index is 14.1. The van der Waals surface area contributed by atoms with Crippen LogP contribution in [0, 0.1) is 5.82 Å². The third kappa shape index (κ3) is 4.16. The Balaban J connectivity index is 1.70. The van der Waals surface area contributed by atoms with Gasteiger partial charge >= 0.3 is 5.97 Å². The first-order valence-corrected chi connectivity index (χ1v) is 9.04. The summed E-state index contributed by atoms with van der Waals surface area (Å²) in [5, 5.41) is 15.7. The standard InChI is InChI=1S/C19H23FN4O3/c1-2-23(12-17(25)26)13-7-9-24(10-8-13)19(27)15-11-21-22-18(15)14-5-3-4-6-16(14)20/h3-6,11,13H,2,7-10,12H2,1H3,(H,21,22)(H,25,26). The number of nitrogens with zero attached hydrogens (tertiary/aromatic N) is 3. The zero-order valence-corrected chi connectivity index (χ0v) is 15.2. The van der Waals surface area contributed by atoms with Crippen molar-refractivity contribution in [1.82, 2.24) is 20.0 Å². The van der Waals surface area contributed by atoms with Crippen molar-refractivity contribution < 1.29 is 19.1 Å². The Morgan fingerprint density at radius 3 is 2.67 bits per heavy atom. The van der Waals surface area contributed by atoms with Gasteiger partial charge in [0.1, 0.15) is 5.82 Å². The minimum atomic E-state index is -0.844. The number of aromatic amines is 1. The number of aliphatic carboxylic acids is 1. The molecule has 1 amide bonds. The molecule has 1 fully saturated rings. The van der Waals surface area contributed by atoms with Crippen molar-refractivity contribution in [3.05, 3.63) is 41.8 Å². The second-order valence-corrected chi connectivity index (χ2v) is 6.62. The van der Waals surface area contributed by atoms with E-state index in [1.54, 1.807) is 23.1 Å². The largest absolute Gasteiger partial charge is 0.480 e. The van der Waals surface area contributed by atoms with E-state index >= 15 is 0 Å². The lowest BCUT2D eigenvalue weighted by atomic mass is 10.0. The molecule has 2 heterocycles. The van der Waals surface area contributed by atoms with E-state index in [0.717, 1.165) is 0 Å². The summed E-state index contributed by atoms with van der Waals surface area (Å²) in [4.78, 5) is 27.6. The van der Waals surface area contributed by atoms with Gasteiger partial charge in [-0.1, -0.05) is 19.1 Å². The molecule has 8 heteroatoms.